The molecule has 4 rings (SSSR count). The minimum absolute atomic E-state index is 0.135. The number of fused-ring (bicyclic) bond motifs is 1. The van der Waals surface area contributed by atoms with Crippen molar-refractivity contribution in [2.45, 2.75) is 58.9 Å². The second-order valence-electron chi connectivity index (χ2n) is 10.5. The minimum atomic E-state index is -4.47. The molecule has 1 aromatic heterocycles. The number of aryl methyl sites for hydroxylation is 1. The van der Waals surface area contributed by atoms with Gasteiger partial charge in [-0.1, -0.05) is 18.2 Å². The van der Waals surface area contributed by atoms with Crippen LogP contribution in [0.5, 0.6) is 0 Å². The first-order valence-corrected chi connectivity index (χ1v) is 12.4. The number of alkyl halides is 3. The number of nitrogens with zero attached hydrogens (tertiary/aromatic N) is 4. The van der Waals surface area contributed by atoms with E-state index < -0.39 is 23.2 Å². The van der Waals surface area contributed by atoms with Crippen LogP contribution in [0.15, 0.2) is 48.8 Å². The summed E-state index contributed by atoms with van der Waals surface area (Å²) < 4.78 is 42.1. The van der Waals surface area contributed by atoms with E-state index in [0.717, 1.165) is 23.5 Å². The van der Waals surface area contributed by atoms with E-state index in [1.165, 1.54) is 12.1 Å². The molecule has 0 atom stereocenters. The van der Waals surface area contributed by atoms with Crippen LogP contribution >= 0.6 is 0 Å². The number of amides is 3. The fraction of sp³-hybridized carbons (Fsp3) is 0.393. The number of benzene rings is 2. The molecular weight excluding hydrogens is 495 g/mol. The van der Waals surface area contributed by atoms with Crippen LogP contribution in [0, 0.1) is 6.92 Å². The van der Waals surface area contributed by atoms with Gasteiger partial charge in [0.1, 0.15) is 5.82 Å². The molecule has 3 aromatic rings. The normalized spacial score (nSPS) is 13.8. The molecule has 0 saturated carbocycles. The Morgan fingerprint density at radius 3 is 2.45 bits per heavy atom. The van der Waals surface area contributed by atoms with Crippen molar-refractivity contribution in [1.29, 1.82) is 0 Å². The first-order valence-electron chi connectivity index (χ1n) is 12.4. The van der Waals surface area contributed by atoms with Crippen LogP contribution in [0.25, 0.3) is 11.1 Å². The van der Waals surface area contributed by atoms with Gasteiger partial charge in [-0.25, -0.2) is 9.78 Å². The van der Waals surface area contributed by atoms with Crippen LogP contribution in [-0.4, -0.2) is 49.9 Å². The van der Waals surface area contributed by atoms with E-state index >= 15 is 0 Å². The van der Waals surface area contributed by atoms with Gasteiger partial charge in [-0.15, -0.1) is 0 Å². The van der Waals surface area contributed by atoms with E-state index in [1.807, 2.05) is 38.5 Å². The highest BCUT2D eigenvalue weighted by atomic mass is 19.4. The molecule has 1 aliphatic rings. The molecule has 1 aliphatic heterocycles. The molecule has 0 radical (unpaired) electrons. The summed E-state index contributed by atoms with van der Waals surface area (Å²) in [5.74, 6) is 0.209. The number of carbonyl (C=O) groups excluding carboxylic acids is 2. The van der Waals surface area contributed by atoms with Crippen LogP contribution in [-0.2, 0) is 25.7 Å². The lowest BCUT2D eigenvalue weighted by molar-refractivity contribution is -0.137. The van der Waals surface area contributed by atoms with Crippen LogP contribution in [0.1, 0.15) is 53.6 Å². The lowest BCUT2D eigenvalue weighted by atomic mass is 9.87. The van der Waals surface area contributed by atoms with Gasteiger partial charge in [-0.2, -0.15) is 13.2 Å². The molecule has 0 saturated heterocycles. The number of hydrogen-bond donors (Lipinski definition) is 1. The molecule has 10 heteroatoms. The molecule has 0 unspecified atom stereocenters. The Bertz CT molecular complexity index is 1360. The summed E-state index contributed by atoms with van der Waals surface area (Å²) in [5.41, 5.74) is 7.03. The number of primary amides is 1. The molecule has 0 spiro atoms. The van der Waals surface area contributed by atoms with Crippen LogP contribution < -0.4 is 5.73 Å². The number of urea groups is 1. The maximum Gasteiger partial charge on any atom is 0.416 e. The van der Waals surface area contributed by atoms with Gasteiger partial charge < -0.3 is 20.1 Å². The van der Waals surface area contributed by atoms with E-state index in [9.17, 15) is 22.8 Å². The molecule has 38 heavy (non-hydrogen) atoms. The molecule has 2 N–H and O–H groups in total. The van der Waals surface area contributed by atoms with Gasteiger partial charge in [0.05, 0.1) is 5.56 Å². The summed E-state index contributed by atoms with van der Waals surface area (Å²) in [6, 6.07) is 8.12. The number of aromatic nitrogens is 2. The number of nitrogens with two attached hydrogens (primary N) is 1. The van der Waals surface area contributed by atoms with Crippen LogP contribution in [0.3, 0.4) is 0 Å². The third-order valence-corrected chi connectivity index (χ3v) is 6.98. The van der Waals surface area contributed by atoms with Gasteiger partial charge in [0.25, 0.3) is 0 Å². The topological polar surface area (TPSA) is 84.5 Å². The standard InChI is InChI=1S/C28H32F3N5O2/c1-18-33-11-13-34(18)14-15-36(27(2,3)4)26(38)35-12-10-22-21(8-9-23(25(32)37)24(22)17-35)19-6-5-7-20(16-19)28(29,30)31/h5-9,11,13,16H,10,12,14-15,17H2,1-4H3,(H2,32,37). The van der Waals surface area contributed by atoms with E-state index in [-0.39, 0.29) is 18.1 Å². The zero-order valence-electron chi connectivity index (χ0n) is 22.0. The van der Waals surface area contributed by atoms with Gasteiger partial charge in [0.2, 0.25) is 5.91 Å². The number of rotatable bonds is 5. The van der Waals surface area contributed by atoms with Crippen molar-refractivity contribution in [3.8, 4) is 11.1 Å². The van der Waals surface area contributed by atoms with Gasteiger partial charge >= 0.3 is 12.2 Å². The number of carbonyl (C=O) groups is 2. The Morgan fingerprint density at radius 1 is 1.11 bits per heavy atom. The third-order valence-electron chi connectivity index (χ3n) is 6.98. The van der Waals surface area contributed by atoms with E-state index in [2.05, 4.69) is 4.98 Å². The lowest BCUT2D eigenvalue weighted by Crippen LogP contribution is -2.54. The van der Waals surface area contributed by atoms with Crippen LogP contribution in [0.2, 0.25) is 0 Å². The Labute approximate surface area is 220 Å². The predicted molar refractivity (Wildman–Crippen MR) is 138 cm³/mol. The fourth-order valence-corrected chi connectivity index (χ4v) is 4.94. The summed E-state index contributed by atoms with van der Waals surface area (Å²) >= 11 is 0. The Hall–Kier alpha value is -3.82. The van der Waals surface area contributed by atoms with Crippen molar-refractivity contribution < 1.29 is 22.8 Å². The summed E-state index contributed by atoms with van der Waals surface area (Å²) in [5, 5.41) is 0. The summed E-state index contributed by atoms with van der Waals surface area (Å²) in [7, 11) is 0. The van der Waals surface area contributed by atoms with E-state index in [4.69, 9.17) is 5.73 Å². The minimum Gasteiger partial charge on any atom is -0.366 e. The van der Waals surface area contributed by atoms with Crippen molar-refractivity contribution in [2.24, 2.45) is 5.73 Å². The smallest absolute Gasteiger partial charge is 0.366 e. The number of imidazole rings is 1. The maximum atomic E-state index is 13.8. The first-order chi connectivity index (χ1) is 17.8. The number of hydrogen-bond acceptors (Lipinski definition) is 3. The van der Waals surface area contributed by atoms with Crippen molar-refractivity contribution in [3.63, 3.8) is 0 Å². The van der Waals surface area contributed by atoms with Crippen LogP contribution in [0.4, 0.5) is 18.0 Å². The van der Waals surface area contributed by atoms with Gasteiger partial charge in [-0.05, 0) is 74.6 Å². The Balaban J connectivity index is 1.67. The summed E-state index contributed by atoms with van der Waals surface area (Å²) in [4.78, 5) is 33.8. The number of halogens is 3. The molecule has 7 nitrogen and oxygen atoms in total. The van der Waals surface area contributed by atoms with Crippen molar-refractivity contribution in [3.05, 3.63) is 76.9 Å². The molecule has 0 aliphatic carbocycles. The highest BCUT2D eigenvalue weighted by molar-refractivity contribution is 5.96. The highest BCUT2D eigenvalue weighted by Gasteiger charge is 2.34. The molecule has 0 bridgehead atoms. The van der Waals surface area contributed by atoms with Crippen molar-refractivity contribution >= 4 is 11.9 Å². The van der Waals surface area contributed by atoms with Crippen molar-refractivity contribution in [1.82, 2.24) is 19.4 Å². The highest BCUT2D eigenvalue weighted by Crippen LogP contribution is 2.36. The largest absolute Gasteiger partial charge is 0.416 e. The monoisotopic (exact) mass is 527 g/mol. The van der Waals surface area contributed by atoms with E-state index in [0.29, 0.717) is 42.7 Å². The Kier molecular flexibility index (Phi) is 7.27. The zero-order valence-corrected chi connectivity index (χ0v) is 22.0. The molecular formula is C28H32F3N5O2. The zero-order chi connectivity index (χ0) is 27.8. The molecule has 2 heterocycles. The van der Waals surface area contributed by atoms with E-state index in [1.54, 1.807) is 28.1 Å². The molecule has 2 aromatic carbocycles. The maximum absolute atomic E-state index is 13.8. The summed E-state index contributed by atoms with van der Waals surface area (Å²) in [6.07, 6.45) is -0.510. The average Bonchev–Trinajstić information content (AvgIpc) is 3.26. The Morgan fingerprint density at radius 2 is 1.84 bits per heavy atom. The second kappa shape index (κ2) is 10.2. The second-order valence-corrected chi connectivity index (χ2v) is 10.5. The third kappa shape index (κ3) is 5.54. The summed E-state index contributed by atoms with van der Waals surface area (Å²) in [6.45, 7) is 9.31. The SMILES string of the molecule is Cc1nccn1CCN(C(=O)N1CCc2c(-c3cccc(C(F)(F)F)c3)ccc(C(N)=O)c2C1)C(C)(C)C. The lowest BCUT2D eigenvalue weighted by Gasteiger charge is -2.41. The first kappa shape index (κ1) is 27.2. The molecule has 3 amide bonds. The quantitative estimate of drug-likeness (QED) is 0.492. The van der Waals surface area contributed by atoms with Gasteiger partial charge in [0, 0.05) is 49.7 Å². The van der Waals surface area contributed by atoms with Crippen molar-refractivity contribution in [2.75, 3.05) is 13.1 Å². The fourth-order valence-electron chi connectivity index (χ4n) is 4.94. The van der Waals surface area contributed by atoms with Gasteiger partial charge in [-0.3, -0.25) is 4.79 Å². The van der Waals surface area contributed by atoms with Gasteiger partial charge in [0.15, 0.2) is 0 Å². The average molecular weight is 528 g/mol. The molecule has 202 valence electrons. The molecule has 0 fully saturated rings. The predicted octanol–water partition coefficient (Wildman–Crippen LogP) is 5.26.